The number of anilines is 1. The van der Waals surface area contributed by atoms with Crippen LogP contribution < -0.4 is 10.6 Å². The molecule has 2 N–H and O–H groups in total. The van der Waals surface area contributed by atoms with Gasteiger partial charge in [0, 0.05) is 18.3 Å². The van der Waals surface area contributed by atoms with Crippen molar-refractivity contribution >= 4 is 11.7 Å². The lowest BCUT2D eigenvalue weighted by molar-refractivity contribution is 0.0600. The summed E-state index contributed by atoms with van der Waals surface area (Å²) in [7, 11) is 1.40. The molecule has 0 aliphatic carbocycles. The highest BCUT2D eigenvalue weighted by atomic mass is 16.5. The minimum absolute atomic E-state index is 0.288. The number of nitrogens with one attached hydrogen (secondary N) is 2. The second-order valence-electron chi connectivity index (χ2n) is 4.71. The van der Waals surface area contributed by atoms with Crippen molar-refractivity contribution in [1.29, 1.82) is 0 Å². The van der Waals surface area contributed by atoms with Crippen molar-refractivity contribution in [2.45, 2.75) is 25.8 Å². The number of hydrogen-bond acceptors (Lipinski definition) is 4. The quantitative estimate of drug-likeness (QED) is 0.803. The monoisotopic (exact) mass is 248 g/mol. The van der Waals surface area contributed by atoms with Gasteiger partial charge in [-0.2, -0.15) is 0 Å². The Morgan fingerprint density at radius 2 is 2.33 bits per heavy atom. The number of carbonyl (C=O) groups is 1. The average molecular weight is 248 g/mol. The van der Waals surface area contributed by atoms with Crippen molar-refractivity contribution in [3.8, 4) is 0 Å². The van der Waals surface area contributed by atoms with Crippen LogP contribution in [0.4, 0.5) is 5.69 Å². The topological polar surface area (TPSA) is 50.4 Å². The fourth-order valence-electron chi connectivity index (χ4n) is 2.27. The van der Waals surface area contributed by atoms with Crippen molar-refractivity contribution in [3.63, 3.8) is 0 Å². The van der Waals surface area contributed by atoms with Crippen LogP contribution in [-0.4, -0.2) is 32.2 Å². The van der Waals surface area contributed by atoms with E-state index in [2.05, 4.69) is 10.6 Å². The van der Waals surface area contributed by atoms with Gasteiger partial charge < -0.3 is 15.4 Å². The maximum absolute atomic E-state index is 11.4. The molecule has 1 fully saturated rings. The van der Waals surface area contributed by atoms with E-state index in [0.29, 0.717) is 11.6 Å². The van der Waals surface area contributed by atoms with Crippen molar-refractivity contribution in [2.24, 2.45) is 0 Å². The van der Waals surface area contributed by atoms with Crippen LogP contribution >= 0.6 is 0 Å². The van der Waals surface area contributed by atoms with E-state index in [1.807, 2.05) is 19.1 Å². The van der Waals surface area contributed by atoms with E-state index in [0.717, 1.165) is 24.3 Å². The second kappa shape index (κ2) is 5.87. The Kier molecular flexibility index (Phi) is 4.20. The first-order chi connectivity index (χ1) is 8.70. The summed E-state index contributed by atoms with van der Waals surface area (Å²) in [6.45, 7) is 4.11. The Morgan fingerprint density at radius 3 is 2.94 bits per heavy atom. The molecule has 0 spiro atoms. The minimum atomic E-state index is -0.288. The molecule has 0 bridgehead atoms. The zero-order valence-corrected chi connectivity index (χ0v) is 11.0. The van der Waals surface area contributed by atoms with Crippen molar-refractivity contribution < 1.29 is 9.53 Å². The summed E-state index contributed by atoms with van der Waals surface area (Å²) in [4.78, 5) is 11.4. The maximum Gasteiger partial charge on any atom is 0.337 e. The Morgan fingerprint density at radius 1 is 1.50 bits per heavy atom. The number of rotatable bonds is 3. The Labute approximate surface area is 108 Å². The summed E-state index contributed by atoms with van der Waals surface area (Å²) in [5.74, 6) is -0.288. The third kappa shape index (κ3) is 3.01. The number of esters is 1. The van der Waals surface area contributed by atoms with Gasteiger partial charge in [-0.25, -0.2) is 4.79 Å². The van der Waals surface area contributed by atoms with Crippen LogP contribution in [0.15, 0.2) is 18.2 Å². The molecule has 1 aromatic rings. The van der Waals surface area contributed by atoms with Gasteiger partial charge >= 0.3 is 5.97 Å². The number of ether oxygens (including phenoxy) is 1. The van der Waals surface area contributed by atoms with Gasteiger partial charge in [0.25, 0.3) is 0 Å². The van der Waals surface area contributed by atoms with Gasteiger partial charge in [0.2, 0.25) is 0 Å². The molecule has 1 unspecified atom stereocenters. The van der Waals surface area contributed by atoms with E-state index in [9.17, 15) is 4.79 Å². The highest BCUT2D eigenvalue weighted by Crippen LogP contribution is 2.19. The number of hydrogen-bond donors (Lipinski definition) is 2. The zero-order chi connectivity index (χ0) is 13.0. The Balaban J connectivity index is 2.07. The molecule has 0 amide bonds. The molecule has 1 aliphatic rings. The van der Waals surface area contributed by atoms with Gasteiger partial charge in [-0.1, -0.05) is 0 Å². The molecule has 18 heavy (non-hydrogen) atoms. The molecule has 2 rings (SSSR count). The minimum Gasteiger partial charge on any atom is -0.465 e. The standard InChI is InChI=1S/C14H20N2O2/c1-10-8-11(14(17)18-2)5-6-13(10)16-12-4-3-7-15-9-12/h5-6,8,12,15-16H,3-4,7,9H2,1-2H3. The normalized spacial score (nSPS) is 19.3. The maximum atomic E-state index is 11.4. The van der Waals surface area contributed by atoms with Gasteiger partial charge in [-0.3, -0.25) is 0 Å². The molecule has 98 valence electrons. The van der Waals surface area contributed by atoms with E-state index < -0.39 is 0 Å². The predicted molar refractivity (Wildman–Crippen MR) is 72.0 cm³/mol. The van der Waals surface area contributed by atoms with Crippen LogP contribution in [-0.2, 0) is 4.74 Å². The molecule has 4 heteroatoms. The molecule has 1 aromatic carbocycles. The molecule has 1 aliphatic heterocycles. The smallest absolute Gasteiger partial charge is 0.337 e. The lowest BCUT2D eigenvalue weighted by Crippen LogP contribution is -2.38. The Hall–Kier alpha value is -1.55. The molecule has 1 saturated heterocycles. The van der Waals surface area contributed by atoms with Crippen molar-refractivity contribution in [1.82, 2.24) is 5.32 Å². The third-order valence-corrected chi connectivity index (χ3v) is 3.30. The van der Waals surface area contributed by atoms with Crippen molar-refractivity contribution in [3.05, 3.63) is 29.3 Å². The fourth-order valence-corrected chi connectivity index (χ4v) is 2.27. The van der Waals surface area contributed by atoms with Crippen molar-refractivity contribution in [2.75, 3.05) is 25.5 Å². The Bertz CT molecular complexity index is 426. The summed E-state index contributed by atoms with van der Waals surface area (Å²) in [6.07, 6.45) is 2.39. The highest BCUT2D eigenvalue weighted by molar-refractivity contribution is 5.90. The van der Waals surface area contributed by atoms with Gasteiger partial charge in [-0.15, -0.1) is 0 Å². The van der Waals surface area contributed by atoms with Gasteiger partial charge in [0.05, 0.1) is 12.7 Å². The van der Waals surface area contributed by atoms with E-state index in [1.165, 1.54) is 20.0 Å². The largest absolute Gasteiger partial charge is 0.465 e. The molecule has 4 nitrogen and oxygen atoms in total. The summed E-state index contributed by atoms with van der Waals surface area (Å²) in [5, 5.41) is 6.90. The third-order valence-electron chi connectivity index (χ3n) is 3.30. The first kappa shape index (κ1) is 12.9. The molecule has 1 atom stereocenters. The van der Waals surface area contributed by atoms with E-state index in [-0.39, 0.29) is 5.97 Å². The molecule has 0 saturated carbocycles. The molecule has 1 heterocycles. The second-order valence-corrected chi connectivity index (χ2v) is 4.71. The van der Waals surface area contributed by atoms with Crippen LogP contribution in [0.2, 0.25) is 0 Å². The average Bonchev–Trinajstić information content (AvgIpc) is 2.41. The van der Waals surface area contributed by atoms with Gasteiger partial charge in [0.15, 0.2) is 0 Å². The molecular weight excluding hydrogens is 228 g/mol. The first-order valence-electron chi connectivity index (χ1n) is 6.37. The molecule has 0 aromatic heterocycles. The highest BCUT2D eigenvalue weighted by Gasteiger charge is 2.14. The number of benzene rings is 1. The lowest BCUT2D eigenvalue weighted by Gasteiger charge is -2.25. The fraction of sp³-hybridized carbons (Fsp3) is 0.500. The number of carbonyl (C=O) groups excluding carboxylic acids is 1. The summed E-state index contributed by atoms with van der Waals surface area (Å²) in [6, 6.07) is 6.10. The zero-order valence-electron chi connectivity index (χ0n) is 11.0. The van der Waals surface area contributed by atoms with Gasteiger partial charge in [0.1, 0.15) is 0 Å². The number of methoxy groups -OCH3 is 1. The first-order valence-corrected chi connectivity index (χ1v) is 6.37. The van der Waals surface area contributed by atoms with Crippen LogP contribution in [0.3, 0.4) is 0 Å². The predicted octanol–water partition coefficient (Wildman–Crippen LogP) is 1.95. The van der Waals surface area contributed by atoms with E-state index >= 15 is 0 Å². The van der Waals surface area contributed by atoms with Crippen LogP contribution in [0.25, 0.3) is 0 Å². The SMILES string of the molecule is COC(=O)c1ccc(NC2CCCNC2)c(C)c1. The molecular formula is C14H20N2O2. The summed E-state index contributed by atoms with van der Waals surface area (Å²) in [5.41, 5.74) is 2.77. The van der Waals surface area contributed by atoms with Gasteiger partial charge in [-0.05, 0) is 50.1 Å². The number of piperidine rings is 1. The van der Waals surface area contributed by atoms with Crippen LogP contribution in [0.5, 0.6) is 0 Å². The summed E-state index contributed by atoms with van der Waals surface area (Å²) < 4.78 is 4.71. The lowest BCUT2D eigenvalue weighted by atomic mass is 10.1. The number of aryl methyl sites for hydroxylation is 1. The van der Waals surface area contributed by atoms with Crippen LogP contribution in [0.1, 0.15) is 28.8 Å². The van der Waals surface area contributed by atoms with E-state index in [1.54, 1.807) is 6.07 Å². The van der Waals surface area contributed by atoms with Crippen LogP contribution in [0, 0.1) is 6.92 Å². The van der Waals surface area contributed by atoms with E-state index in [4.69, 9.17) is 4.74 Å². The molecule has 0 radical (unpaired) electrons. The summed E-state index contributed by atoms with van der Waals surface area (Å²) >= 11 is 0.